The molecule has 2 N–H and O–H groups in total. The van der Waals surface area contributed by atoms with Crippen LogP contribution in [0.5, 0.6) is 0 Å². The molecule has 196 valence electrons. The van der Waals surface area contributed by atoms with Gasteiger partial charge in [-0.25, -0.2) is 0 Å². The maximum atomic E-state index is 14.0. The van der Waals surface area contributed by atoms with Crippen molar-refractivity contribution in [2.75, 3.05) is 37.4 Å². The molecule has 2 amide bonds. The molecule has 1 unspecified atom stereocenters. The third-order valence-corrected chi connectivity index (χ3v) is 8.28. The molecule has 2 saturated carbocycles. The Bertz CT molecular complexity index is 1130. The summed E-state index contributed by atoms with van der Waals surface area (Å²) in [6.45, 7) is 0.836. The zero-order valence-electron chi connectivity index (χ0n) is 21.8. The number of carbonyl (C=O) groups is 2. The maximum absolute atomic E-state index is 14.0. The van der Waals surface area contributed by atoms with E-state index in [-0.39, 0.29) is 30.4 Å². The highest BCUT2D eigenvalue weighted by molar-refractivity contribution is 7.80. The van der Waals surface area contributed by atoms with Crippen LogP contribution in [0.15, 0.2) is 54.6 Å². The van der Waals surface area contributed by atoms with Gasteiger partial charge in [0.1, 0.15) is 5.54 Å². The van der Waals surface area contributed by atoms with Crippen LogP contribution in [0.25, 0.3) is 0 Å². The zero-order chi connectivity index (χ0) is 26.0. The van der Waals surface area contributed by atoms with Gasteiger partial charge in [-0.05, 0) is 67.7 Å². The minimum Gasteiger partial charge on any atom is -0.378 e. The molecule has 3 aliphatic rings. The van der Waals surface area contributed by atoms with E-state index >= 15 is 0 Å². The fraction of sp³-hybridized carbons (Fsp3) is 0.483. The summed E-state index contributed by atoms with van der Waals surface area (Å²) in [7, 11) is 3.99. The van der Waals surface area contributed by atoms with Crippen molar-refractivity contribution in [1.29, 1.82) is 0 Å². The van der Waals surface area contributed by atoms with Gasteiger partial charge in [0.25, 0.3) is 0 Å². The van der Waals surface area contributed by atoms with Crippen LogP contribution in [0.3, 0.4) is 0 Å². The molecule has 1 aliphatic heterocycles. The van der Waals surface area contributed by atoms with E-state index in [4.69, 9.17) is 12.2 Å². The predicted molar refractivity (Wildman–Crippen MR) is 152 cm³/mol. The number of carbonyl (C=O) groups excluding carboxylic acids is 2. The van der Waals surface area contributed by atoms with Crippen molar-refractivity contribution in [3.05, 3.63) is 60.2 Å². The summed E-state index contributed by atoms with van der Waals surface area (Å²) in [4.78, 5) is 33.9. The van der Waals surface area contributed by atoms with E-state index in [1.807, 2.05) is 71.3 Å². The average Bonchev–Trinajstić information content (AvgIpc) is 3.67. The fourth-order valence-corrected chi connectivity index (χ4v) is 6.05. The quantitative estimate of drug-likeness (QED) is 0.507. The van der Waals surface area contributed by atoms with Gasteiger partial charge in [-0.1, -0.05) is 49.6 Å². The second kappa shape index (κ2) is 10.7. The van der Waals surface area contributed by atoms with Gasteiger partial charge < -0.3 is 25.3 Å². The summed E-state index contributed by atoms with van der Waals surface area (Å²) >= 11 is 5.62. The van der Waals surface area contributed by atoms with Crippen molar-refractivity contribution in [1.82, 2.24) is 15.1 Å². The van der Waals surface area contributed by atoms with Gasteiger partial charge >= 0.3 is 0 Å². The lowest BCUT2D eigenvalue weighted by atomic mass is 9.79. The van der Waals surface area contributed by atoms with E-state index in [1.54, 1.807) is 0 Å². The molecular weight excluding hydrogens is 482 g/mol. The maximum Gasteiger partial charge on any atom is 0.250 e. The van der Waals surface area contributed by atoms with Crippen LogP contribution < -0.4 is 15.5 Å². The SMILES string of the molecule is CN(C)c1ccc(NC(=O)C2(N(C(=O)CN3CC(c4ccccc4)NC3=S)C3CC3)CCCCC2)cc1. The largest absolute Gasteiger partial charge is 0.378 e. The van der Waals surface area contributed by atoms with Gasteiger partial charge in [0.2, 0.25) is 11.8 Å². The lowest BCUT2D eigenvalue weighted by molar-refractivity contribution is -0.149. The molecule has 0 aromatic heterocycles. The van der Waals surface area contributed by atoms with E-state index in [0.717, 1.165) is 49.0 Å². The first-order valence-corrected chi connectivity index (χ1v) is 13.8. The summed E-state index contributed by atoms with van der Waals surface area (Å²) in [6.07, 6.45) is 6.30. The summed E-state index contributed by atoms with van der Waals surface area (Å²) < 4.78 is 0. The van der Waals surface area contributed by atoms with Crippen molar-refractivity contribution < 1.29 is 9.59 Å². The Morgan fingerprint density at radius 3 is 2.32 bits per heavy atom. The molecule has 5 rings (SSSR count). The van der Waals surface area contributed by atoms with E-state index in [9.17, 15) is 9.59 Å². The van der Waals surface area contributed by atoms with Gasteiger partial charge in [-0.3, -0.25) is 9.59 Å². The molecule has 0 bridgehead atoms. The summed E-state index contributed by atoms with van der Waals surface area (Å²) in [6, 6.07) is 18.2. The number of hydrogen-bond donors (Lipinski definition) is 2. The van der Waals surface area contributed by atoms with Gasteiger partial charge in [0.05, 0.1) is 12.6 Å². The number of amides is 2. The second-order valence-corrected chi connectivity index (χ2v) is 11.2. The van der Waals surface area contributed by atoms with Crippen molar-refractivity contribution in [3.8, 4) is 0 Å². The van der Waals surface area contributed by atoms with Crippen molar-refractivity contribution in [2.45, 2.75) is 62.6 Å². The van der Waals surface area contributed by atoms with Crippen LogP contribution in [0, 0.1) is 0 Å². The number of anilines is 2. The lowest BCUT2D eigenvalue weighted by Crippen LogP contribution is -2.62. The van der Waals surface area contributed by atoms with Crippen LogP contribution in [0.2, 0.25) is 0 Å². The van der Waals surface area contributed by atoms with Crippen LogP contribution in [0.1, 0.15) is 56.6 Å². The molecule has 0 spiro atoms. The Morgan fingerprint density at radius 1 is 1.03 bits per heavy atom. The lowest BCUT2D eigenvalue weighted by Gasteiger charge is -2.46. The van der Waals surface area contributed by atoms with E-state index in [2.05, 4.69) is 22.8 Å². The monoisotopic (exact) mass is 519 g/mol. The number of nitrogens with one attached hydrogen (secondary N) is 2. The first kappa shape index (κ1) is 25.5. The summed E-state index contributed by atoms with van der Waals surface area (Å²) in [5.74, 6) is -0.0605. The molecule has 37 heavy (non-hydrogen) atoms. The normalized spacial score (nSPS) is 20.8. The topological polar surface area (TPSA) is 67.9 Å². The molecule has 8 heteroatoms. The summed E-state index contributed by atoms with van der Waals surface area (Å²) in [5, 5.41) is 7.13. The second-order valence-electron chi connectivity index (χ2n) is 10.8. The number of nitrogens with zero attached hydrogens (tertiary/aromatic N) is 3. The Morgan fingerprint density at radius 2 is 1.70 bits per heavy atom. The number of benzene rings is 2. The molecular formula is C29H37N5O2S. The first-order valence-electron chi connectivity index (χ1n) is 13.4. The fourth-order valence-electron chi connectivity index (χ4n) is 5.77. The average molecular weight is 520 g/mol. The van der Waals surface area contributed by atoms with Crippen LogP contribution >= 0.6 is 12.2 Å². The number of thiocarbonyl (C=S) groups is 1. The zero-order valence-corrected chi connectivity index (χ0v) is 22.6. The standard InChI is InChI=1S/C29H37N5O2S/c1-32(2)23-13-11-22(12-14-23)30-27(36)29(17-7-4-8-18-29)34(24-15-16-24)26(35)20-33-19-25(31-28(33)37)21-9-5-3-6-10-21/h3,5-6,9-14,24-25H,4,7-8,15-20H2,1-2H3,(H,30,36)(H,31,37). The number of hydrogen-bond acceptors (Lipinski definition) is 4. The molecule has 1 atom stereocenters. The summed E-state index contributed by atoms with van der Waals surface area (Å²) in [5.41, 5.74) is 2.18. The van der Waals surface area contributed by atoms with Crippen LogP contribution in [-0.4, -0.2) is 65.5 Å². The third-order valence-electron chi connectivity index (χ3n) is 7.90. The van der Waals surface area contributed by atoms with Gasteiger partial charge in [0.15, 0.2) is 5.11 Å². The predicted octanol–water partition coefficient (Wildman–Crippen LogP) is 4.32. The van der Waals surface area contributed by atoms with Gasteiger partial charge in [0, 0.05) is 38.1 Å². The molecule has 2 aromatic rings. The Kier molecular flexibility index (Phi) is 7.38. The van der Waals surface area contributed by atoms with E-state index in [1.165, 1.54) is 0 Å². The minimum atomic E-state index is -0.815. The highest BCUT2D eigenvalue weighted by Gasteiger charge is 2.52. The van der Waals surface area contributed by atoms with Crippen molar-refractivity contribution in [2.24, 2.45) is 0 Å². The van der Waals surface area contributed by atoms with Crippen molar-refractivity contribution >= 4 is 40.5 Å². The Balaban J connectivity index is 1.34. The van der Waals surface area contributed by atoms with Gasteiger partial charge in [-0.15, -0.1) is 0 Å². The third kappa shape index (κ3) is 5.44. The van der Waals surface area contributed by atoms with Crippen LogP contribution in [0.4, 0.5) is 11.4 Å². The van der Waals surface area contributed by atoms with Gasteiger partial charge in [-0.2, -0.15) is 0 Å². The Labute approximate surface area is 225 Å². The molecule has 0 radical (unpaired) electrons. The van der Waals surface area contributed by atoms with Crippen LogP contribution in [-0.2, 0) is 9.59 Å². The molecule has 7 nitrogen and oxygen atoms in total. The molecule has 2 aromatic carbocycles. The molecule has 3 fully saturated rings. The first-order chi connectivity index (χ1) is 17.9. The molecule has 2 aliphatic carbocycles. The van der Waals surface area contributed by atoms with E-state index < -0.39 is 5.54 Å². The molecule has 1 heterocycles. The highest BCUT2D eigenvalue weighted by Crippen LogP contribution is 2.42. The highest BCUT2D eigenvalue weighted by atomic mass is 32.1. The minimum absolute atomic E-state index is 0.000340. The molecule has 1 saturated heterocycles. The smallest absolute Gasteiger partial charge is 0.250 e. The Hall–Kier alpha value is -3.13. The van der Waals surface area contributed by atoms with E-state index in [0.29, 0.717) is 24.5 Å². The number of rotatable bonds is 8. The van der Waals surface area contributed by atoms with Crippen molar-refractivity contribution in [3.63, 3.8) is 0 Å².